The van der Waals surface area contributed by atoms with E-state index in [0.29, 0.717) is 6.42 Å². The first kappa shape index (κ1) is 14.9. The Labute approximate surface area is 113 Å². The van der Waals surface area contributed by atoms with Crippen molar-refractivity contribution >= 4 is 0 Å². The van der Waals surface area contributed by atoms with Crippen molar-refractivity contribution in [3.05, 3.63) is 0 Å². The fourth-order valence-electron chi connectivity index (χ4n) is 2.55. The van der Waals surface area contributed by atoms with Gasteiger partial charge in [0.25, 0.3) is 0 Å². The Kier molecular flexibility index (Phi) is 4.13. The summed E-state index contributed by atoms with van der Waals surface area (Å²) < 4.78 is 0. The van der Waals surface area contributed by atoms with Gasteiger partial charge in [0.15, 0.2) is 5.41 Å². The van der Waals surface area contributed by atoms with Crippen LogP contribution in [0.1, 0.15) is 19.8 Å². The molecular weight excluding hydrogens is 240 g/mol. The molecule has 2 atom stereocenters. The SMILES string of the molecule is C[C@H]1C[C@@H](NN(C)C)C(C#N)(C#N)CC1(C#N)C#N. The molecule has 0 amide bonds. The Hall–Kier alpha value is -2.12. The van der Waals surface area contributed by atoms with E-state index in [-0.39, 0.29) is 18.4 Å². The summed E-state index contributed by atoms with van der Waals surface area (Å²) in [4.78, 5) is 0. The van der Waals surface area contributed by atoms with Crippen LogP contribution in [-0.4, -0.2) is 25.1 Å². The van der Waals surface area contributed by atoms with Gasteiger partial charge in [-0.05, 0) is 12.3 Å². The lowest BCUT2D eigenvalue weighted by Crippen LogP contribution is -2.56. The summed E-state index contributed by atoms with van der Waals surface area (Å²) in [7, 11) is 3.56. The fourth-order valence-corrected chi connectivity index (χ4v) is 2.55. The lowest BCUT2D eigenvalue weighted by Gasteiger charge is -2.44. The molecule has 0 unspecified atom stereocenters. The molecule has 1 N–H and O–H groups in total. The summed E-state index contributed by atoms with van der Waals surface area (Å²) in [6, 6.07) is 7.66. The first-order valence-electron chi connectivity index (χ1n) is 5.98. The molecule has 98 valence electrons. The van der Waals surface area contributed by atoms with E-state index in [0.717, 1.165) is 0 Å². The number of nitriles is 4. The Morgan fingerprint density at radius 3 is 1.84 bits per heavy atom. The van der Waals surface area contributed by atoms with Gasteiger partial charge in [-0.15, -0.1) is 0 Å². The molecule has 0 bridgehead atoms. The van der Waals surface area contributed by atoms with Crippen LogP contribution in [0.25, 0.3) is 0 Å². The van der Waals surface area contributed by atoms with Crippen LogP contribution in [0.15, 0.2) is 0 Å². The maximum atomic E-state index is 9.38. The van der Waals surface area contributed by atoms with Gasteiger partial charge < -0.3 is 0 Å². The van der Waals surface area contributed by atoms with Crippen LogP contribution in [0.2, 0.25) is 0 Å². The summed E-state index contributed by atoms with van der Waals surface area (Å²) in [5.74, 6) is -0.199. The van der Waals surface area contributed by atoms with Crippen molar-refractivity contribution < 1.29 is 0 Å². The number of hydrazine groups is 1. The maximum absolute atomic E-state index is 9.38. The Morgan fingerprint density at radius 2 is 1.47 bits per heavy atom. The highest BCUT2D eigenvalue weighted by molar-refractivity contribution is 5.30. The van der Waals surface area contributed by atoms with Crippen LogP contribution in [-0.2, 0) is 0 Å². The third-order valence-electron chi connectivity index (χ3n) is 3.80. The van der Waals surface area contributed by atoms with E-state index < -0.39 is 10.8 Å². The maximum Gasteiger partial charge on any atom is 0.162 e. The molecule has 0 aromatic rings. The first-order chi connectivity index (χ1) is 8.89. The molecule has 0 radical (unpaired) electrons. The van der Waals surface area contributed by atoms with Gasteiger partial charge in [0.2, 0.25) is 0 Å². The number of hydrogen-bond donors (Lipinski definition) is 1. The van der Waals surface area contributed by atoms with Crippen LogP contribution >= 0.6 is 0 Å². The second-order valence-corrected chi connectivity index (χ2v) is 5.28. The molecule has 1 rings (SSSR count). The quantitative estimate of drug-likeness (QED) is 0.735. The average molecular weight is 256 g/mol. The van der Waals surface area contributed by atoms with E-state index in [1.165, 1.54) is 0 Å². The highest BCUT2D eigenvalue weighted by Crippen LogP contribution is 2.48. The van der Waals surface area contributed by atoms with E-state index in [1.807, 2.05) is 31.2 Å². The summed E-state index contributed by atoms with van der Waals surface area (Å²) in [6.45, 7) is 1.81. The molecule has 0 heterocycles. The largest absolute Gasteiger partial charge is 0.250 e. The van der Waals surface area contributed by atoms with E-state index in [9.17, 15) is 21.0 Å². The van der Waals surface area contributed by atoms with Gasteiger partial charge in [0, 0.05) is 20.5 Å². The molecule has 19 heavy (non-hydrogen) atoms. The topological polar surface area (TPSA) is 110 Å². The van der Waals surface area contributed by atoms with Crippen molar-refractivity contribution in [1.82, 2.24) is 10.4 Å². The molecule has 0 aromatic carbocycles. The molecule has 1 fully saturated rings. The monoisotopic (exact) mass is 256 g/mol. The van der Waals surface area contributed by atoms with Crippen molar-refractivity contribution in [3.63, 3.8) is 0 Å². The normalized spacial score (nSPS) is 27.6. The minimum absolute atomic E-state index is 0.0489. The van der Waals surface area contributed by atoms with E-state index in [2.05, 4.69) is 5.43 Å². The van der Waals surface area contributed by atoms with Crippen molar-refractivity contribution in [2.75, 3.05) is 14.1 Å². The second kappa shape index (κ2) is 5.25. The molecule has 6 heteroatoms. The van der Waals surface area contributed by atoms with Gasteiger partial charge in [-0.1, -0.05) is 6.92 Å². The third-order valence-corrected chi connectivity index (χ3v) is 3.80. The van der Waals surface area contributed by atoms with Gasteiger partial charge >= 0.3 is 0 Å². The van der Waals surface area contributed by atoms with Crippen LogP contribution in [0.3, 0.4) is 0 Å². The van der Waals surface area contributed by atoms with Crippen LogP contribution in [0.5, 0.6) is 0 Å². The minimum Gasteiger partial charge on any atom is -0.250 e. The van der Waals surface area contributed by atoms with Crippen molar-refractivity contribution in [2.45, 2.75) is 25.8 Å². The molecule has 1 aliphatic carbocycles. The number of nitrogens with one attached hydrogen (secondary N) is 1. The second-order valence-electron chi connectivity index (χ2n) is 5.28. The number of hydrogen-bond acceptors (Lipinski definition) is 6. The predicted molar refractivity (Wildman–Crippen MR) is 66.3 cm³/mol. The highest BCUT2D eigenvalue weighted by Gasteiger charge is 2.56. The molecule has 0 aliphatic heterocycles. The zero-order chi connectivity index (χ0) is 14.7. The highest BCUT2D eigenvalue weighted by atomic mass is 15.5. The number of nitrogens with zero attached hydrogens (tertiary/aromatic N) is 5. The Balaban J connectivity index is 3.24. The third kappa shape index (κ3) is 2.38. The molecular formula is C13H16N6. The molecule has 0 saturated heterocycles. The summed E-state index contributed by atoms with van der Waals surface area (Å²) in [5, 5.41) is 39.0. The lowest BCUT2D eigenvalue weighted by molar-refractivity contribution is 0.0769. The first-order valence-corrected chi connectivity index (χ1v) is 5.98. The number of rotatable bonds is 2. The van der Waals surface area contributed by atoms with Gasteiger partial charge in [-0.2, -0.15) is 21.0 Å². The van der Waals surface area contributed by atoms with Crippen LogP contribution in [0, 0.1) is 62.1 Å². The van der Waals surface area contributed by atoms with E-state index in [4.69, 9.17) is 0 Å². The van der Waals surface area contributed by atoms with Crippen LogP contribution < -0.4 is 5.43 Å². The summed E-state index contributed by atoms with van der Waals surface area (Å²) >= 11 is 0. The van der Waals surface area contributed by atoms with Gasteiger partial charge in [0.1, 0.15) is 5.41 Å². The fraction of sp³-hybridized carbons (Fsp3) is 0.692. The standard InChI is InChI=1S/C13H16N6/c1-10-4-11(18-19(2)3)13(8-16,9-17)5-12(10,6-14)7-15/h10-11,18H,4-5H2,1-3H3/t10-,11+/m0/s1. The molecule has 1 aliphatic rings. The molecule has 1 saturated carbocycles. The molecule has 0 aromatic heterocycles. The van der Waals surface area contributed by atoms with Crippen LogP contribution in [0.4, 0.5) is 0 Å². The van der Waals surface area contributed by atoms with Crippen molar-refractivity contribution in [3.8, 4) is 24.3 Å². The van der Waals surface area contributed by atoms with Gasteiger partial charge in [0.05, 0.1) is 30.3 Å². The average Bonchev–Trinajstić information content (AvgIpc) is 2.40. The Bertz CT molecular complexity index is 481. The smallest absolute Gasteiger partial charge is 0.162 e. The minimum atomic E-state index is -1.36. The molecule has 6 nitrogen and oxygen atoms in total. The molecule has 0 spiro atoms. The summed E-state index contributed by atoms with van der Waals surface area (Å²) in [5.41, 5.74) is 0.434. The van der Waals surface area contributed by atoms with Crippen molar-refractivity contribution in [1.29, 1.82) is 21.0 Å². The predicted octanol–water partition coefficient (Wildman–Crippen LogP) is 0.918. The Morgan fingerprint density at radius 1 is 1.00 bits per heavy atom. The van der Waals surface area contributed by atoms with Gasteiger partial charge in [-0.3, -0.25) is 5.01 Å². The van der Waals surface area contributed by atoms with Gasteiger partial charge in [-0.25, -0.2) is 5.43 Å². The van der Waals surface area contributed by atoms with Crippen molar-refractivity contribution in [2.24, 2.45) is 16.7 Å². The van der Waals surface area contributed by atoms with E-state index in [1.54, 1.807) is 19.1 Å². The summed E-state index contributed by atoms with van der Waals surface area (Å²) in [6.07, 6.45) is 0.382. The zero-order valence-electron chi connectivity index (χ0n) is 11.3. The van der Waals surface area contributed by atoms with E-state index >= 15 is 0 Å². The zero-order valence-corrected chi connectivity index (χ0v) is 11.3. The lowest BCUT2D eigenvalue weighted by atomic mass is 9.57.